The van der Waals surface area contributed by atoms with E-state index in [2.05, 4.69) is 30.0 Å². The fourth-order valence-corrected chi connectivity index (χ4v) is 3.02. The molecule has 2 atom stereocenters. The molecule has 0 radical (unpaired) electrons. The Morgan fingerprint density at radius 3 is 2.84 bits per heavy atom. The van der Waals surface area contributed by atoms with Crippen molar-refractivity contribution >= 4 is 0 Å². The Balaban J connectivity index is 1.70. The molecule has 4 heteroatoms. The summed E-state index contributed by atoms with van der Waals surface area (Å²) in [4.78, 5) is 2.44. The number of fused-ring (bicyclic) bond motifs is 1. The molecule has 0 aromatic heterocycles. The van der Waals surface area contributed by atoms with Gasteiger partial charge in [-0.15, -0.1) is 0 Å². The molecule has 1 fully saturated rings. The predicted octanol–water partition coefficient (Wildman–Crippen LogP) is 1.61. The molecule has 0 spiro atoms. The van der Waals surface area contributed by atoms with Crippen molar-refractivity contribution in [2.75, 3.05) is 32.8 Å². The van der Waals surface area contributed by atoms with Gasteiger partial charge in [-0.2, -0.15) is 0 Å². The molecule has 2 N–H and O–H groups in total. The summed E-state index contributed by atoms with van der Waals surface area (Å²) < 4.78 is 11.4. The summed E-state index contributed by atoms with van der Waals surface area (Å²) in [7, 11) is 0. The number of hydrogen-bond donors (Lipinski definition) is 1. The van der Waals surface area contributed by atoms with Crippen LogP contribution in [0.5, 0.6) is 0 Å². The maximum absolute atomic E-state index is 6.07. The zero-order valence-corrected chi connectivity index (χ0v) is 11.5. The van der Waals surface area contributed by atoms with Crippen LogP contribution in [0.3, 0.4) is 0 Å². The van der Waals surface area contributed by atoms with Crippen LogP contribution in [0.25, 0.3) is 0 Å². The minimum absolute atomic E-state index is 0.256. The SMILES string of the molecule is CC1(CCN2CCOCC2)OC(N)c2ccccc21. The van der Waals surface area contributed by atoms with E-state index < -0.39 is 0 Å². The summed E-state index contributed by atoms with van der Waals surface area (Å²) in [6.45, 7) is 6.90. The van der Waals surface area contributed by atoms with Gasteiger partial charge in [0, 0.05) is 25.2 Å². The first-order valence-electron chi connectivity index (χ1n) is 7.02. The van der Waals surface area contributed by atoms with Crippen LogP contribution >= 0.6 is 0 Å². The van der Waals surface area contributed by atoms with E-state index in [0.29, 0.717) is 0 Å². The van der Waals surface area contributed by atoms with E-state index in [1.54, 1.807) is 0 Å². The van der Waals surface area contributed by atoms with Crippen LogP contribution in [0.2, 0.25) is 0 Å². The normalized spacial score (nSPS) is 31.4. The van der Waals surface area contributed by atoms with Crippen molar-refractivity contribution < 1.29 is 9.47 Å². The van der Waals surface area contributed by atoms with E-state index in [0.717, 1.165) is 44.8 Å². The van der Waals surface area contributed by atoms with Gasteiger partial charge in [-0.1, -0.05) is 24.3 Å². The molecule has 4 nitrogen and oxygen atoms in total. The van der Waals surface area contributed by atoms with Gasteiger partial charge in [0.05, 0.1) is 18.8 Å². The fraction of sp³-hybridized carbons (Fsp3) is 0.600. The average molecular weight is 262 g/mol. The second-order valence-electron chi connectivity index (χ2n) is 5.56. The molecule has 3 rings (SSSR count). The first-order chi connectivity index (χ1) is 9.19. The first-order valence-corrected chi connectivity index (χ1v) is 7.02. The summed E-state index contributed by atoms with van der Waals surface area (Å²) in [6, 6.07) is 8.30. The zero-order chi connectivity index (χ0) is 13.3. The topological polar surface area (TPSA) is 47.7 Å². The van der Waals surface area contributed by atoms with E-state index in [-0.39, 0.29) is 11.8 Å². The second kappa shape index (κ2) is 5.21. The third-order valence-electron chi connectivity index (χ3n) is 4.23. The molecule has 0 amide bonds. The van der Waals surface area contributed by atoms with Gasteiger partial charge in [0.1, 0.15) is 6.23 Å². The van der Waals surface area contributed by atoms with Gasteiger partial charge in [-0.3, -0.25) is 4.90 Å². The highest BCUT2D eigenvalue weighted by Gasteiger charge is 2.39. The number of hydrogen-bond acceptors (Lipinski definition) is 4. The molecule has 2 unspecified atom stereocenters. The lowest BCUT2D eigenvalue weighted by molar-refractivity contribution is -0.0747. The quantitative estimate of drug-likeness (QED) is 0.899. The summed E-state index contributed by atoms with van der Waals surface area (Å²) in [5.74, 6) is 0. The molecule has 1 aromatic carbocycles. The molecule has 1 aromatic rings. The highest BCUT2D eigenvalue weighted by molar-refractivity contribution is 5.37. The van der Waals surface area contributed by atoms with Crippen molar-refractivity contribution in [1.29, 1.82) is 0 Å². The summed E-state index contributed by atoms with van der Waals surface area (Å²) in [5.41, 5.74) is 8.20. The second-order valence-corrected chi connectivity index (χ2v) is 5.56. The van der Waals surface area contributed by atoms with Crippen molar-refractivity contribution in [3.05, 3.63) is 35.4 Å². The van der Waals surface area contributed by atoms with Gasteiger partial charge in [-0.25, -0.2) is 0 Å². The van der Waals surface area contributed by atoms with Gasteiger partial charge < -0.3 is 15.2 Å². The average Bonchev–Trinajstić information content (AvgIpc) is 2.71. The van der Waals surface area contributed by atoms with E-state index in [4.69, 9.17) is 15.2 Å². The van der Waals surface area contributed by atoms with Crippen molar-refractivity contribution in [2.24, 2.45) is 5.73 Å². The number of benzene rings is 1. The lowest BCUT2D eigenvalue weighted by Gasteiger charge is -2.31. The van der Waals surface area contributed by atoms with Crippen molar-refractivity contribution in [2.45, 2.75) is 25.2 Å². The van der Waals surface area contributed by atoms with Gasteiger partial charge in [0.2, 0.25) is 0 Å². The molecular formula is C15H22N2O2. The molecule has 104 valence electrons. The van der Waals surface area contributed by atoms with Crippen LogP contribution in [-0.4, -0.2) is 37.7 Å². The smallest absolute Gasteiger partial charge is 0.133 e. The van der Waals surface area contributed by atoms with Crippen molar-refractivity contribution in [1.82, 2.24) is 4.90 Å². The Morgan fingerprint density at radius 2 is 2.05 bits per heavy atom. The number of nitrogens with two attached hydrogens (primary N) is 1. The summed E-state index contributed by atoms with van der Waals surface area (Å²) in [5, 5.41) is 0. The van der Waals surface area contributed by atoms with Crippen LogP contribution in [0.15, 0.2) is 24.3 Å². The van der Waals surface area contributed by atoms with Crippen LogP contribution < -0.4 is 5.73 Å². The van der Waals surface area contributed by atoms with E-state index in [1.807, 2.05) is 6.07 Å². The largest absolute Gasteiger partial charge is 0.379 e. The molecule has 2 aliphatic heterocycles. The standard InChI is InChI=1S/C15H22N2O2/c1-15(6-7-17-8-10-18-11-9-17)13-5-3-2-4-12(13)14(16)19-15/h2-5,14H,6-11,16H2,1H3. The monoisotopic (exact) mass is 262 g/mol. The number of rotatable bonds is 3. The Morgan fingerprint density at radius 1 is 1.32 bits per heavy atom. The minimum Gasteiger partial charge on any atom is -0.379 e. The molecule has 2 heterocycles. The van der Waals surface area contributed by atoms with E-state index in [1.165, 1.54) is 5.56 Å². The van der Waals surface area contributed by atoms with Crippen LogP contribution in [-0.2, 0) is 15.1 Å². The lowest BCUT2D eigenvalue weighted by Crippen LogP contribution is -2.39. The van der Waals surface area contributed by atoms with Gasteiger partial charge in [0.25, 0.3) is 0 Å². The fourth-order valence-electron chi connectivity index (χ4n) is 3.02. The zero-order valence-electron chi connectivity index (χ0n) is 11.5. The van der Waals surface area contributed by atoms with Gasteiger partial charge in [-0.05, 0) is 18.9 Å². The van der Waals surface area contributed by atoms with Gasteiger partial charge >= 0.3 is 0 Å². The Kier molecular flexibility index (Phi) is 3.58. The maximum atomic E-state index is 6.07. The van der Waals surface area contributed by atoms with Crippen molar-refractivity contribution in [3.63, 3.8) is 0 Å². The molecule has 0 bridgehead atoms. The lowest BCUT2D eigenvalue weighted by atomic mass is 9.91. The Labute approximate surface area is 114 Å². The Hall–Kier alpha value is -0.940. The number of ether oxygens (including phenoxy) is 2. The molecule has 2 aliphatic rings. The third kappa shape index (κ3) is 2.54. The highest BCUT2D eigenvalue weighted by atomic mass is 16.5. The van der Waals surface area contributed by atoms with E-state index >= 15 is 0 Å². The number of morpholine rings is 1. The summed E-state index contributed by atoms with van der Waals surface area (Å²) in [6.07, 6.45) is 0.684. The number of nitrogens with zero attached hydrogens (tertiary/aromatic N) is 1. The summed E-state index contributed by atoms with van der Waals surface area (Å²) >= 11 is 0. The molecule has 0 aliphatic carbocycles. The third-order valence-corrected chi connectivity index (χ3v) is 4.23. The highest BCUT2D eigenvalue weighted by Crippen LogP contribution is 2.43. The molecule has 0 saturated carbocycles. The van der Waals surface area contributed by atoms with E-state index in [9.17, 15) is 0 Å². The minimum atomic E-state index is -0.286. The van der Waals surface area contributed by atoms with Crippen LogP contribution in [0.1, 0.15) is 30.7 Å². The van der Waals surface area contributed by atoms with Gasteiger partial charge in [0.15, 0.2) is 0 Å². The first kappa shape index (κ1) is 13.1. The van der Waals surface area contributed by atoms with Crippen LogP contribution in [0, 0.1) is 0 Å². The maximum Gasteiger partial charge on any atom is 0.133 e. The Bertz CT molecular complexity index is 446. The van der Waals surface area contributed by atoms with Crippen molar-refractivity contribution in [3.8, 4) is 0 Å². The molecular weight excluding hydrogens is 240 g/mol. The molecule has 19 heavy (non-hydrogen) atoms. The predicted molar refractivity (Wildman–Crippen MR) is 73.7 cm³/mol. The van der Waals surface area contributed by atoms with Crippen LogP contribution in [0.4, 0.5) is 0 Å². The molecule has 1 saturated heterocycles.